The molecule has 0 bridgehead atoms. The van der Waals surface area contributed by atoms with Gasteiger partial charge in [0.2, 0.25) is 5.91 Å². The van der Waals surface area contributed by atoms with Crippen LogP contribution in [0.1, 0.15) is 5.56 Å². The first-order valence-corrected chi connectivity index (χ1v) is 8.21. The third-order valence-electron chi connectivity index (χ3n) is 4.14. The Morgan fingerprint density at radius 2 is 1.70 bits per heavy atom. The highest BCUT2D eigenvalue weighted by atomic mass is 16.5. The molecule has 0 spiro atoms. The third kappa shape index (κ3) is 3.74. The van der Waals surface area contributed by atoms with Gasteiger partial charge in [-0.15, -0.1) is 0 Å². The van der Waals surface area contributed by atoms with Crippen LogP contribution in [0.25, 0.3) is 11.1 Å². The average molecular weight is 372 g/mol. The van der Waals surface area contributed by atoms with Crippen molar-refractivity contribution in [3.05, 3.63) is 52.5 Å². The fraction of sp³-hybridized carbons (Fsp3) is 0.263. The van der Waals surface area contributed by atoms with Crippen molar-refractivity contribution in [3.8, 4) is 17.2 Å². The van der Waals surface area contributed by atoms with Crippen LogP contribution in [-0.4, -0.2) is 31.8 Å². The quantitative estimate of drug-likeness (QED) is 0.681. The zero-order valence-electron chi connectivity index (χ0n) is 15.3. The van der Waals surface area contributed by atoms with Gasteiger partial charge < -0.3 is 23.9 Å². The number of aromatic nitrogens is 1. The lowest BCUT2D eigenvalue weighted by Gasteiger charge is -2.14. The minimum absolute atomic E-state index is 0.147. The number of methoxy groups -OCH3 is 3. The van der Waals surface area contributed by atoms with Gasteiger partial charge in [-0.3, -0.25) is 9.36 Å². The van der Waals surface area contributed by atoms with Crippen LogP contribution in [0.5, 0.6) is 17.2 Å². The Balaban J connectivity index is 1.76. The van der Waals surface area contributed by atoms with E-state index in [1.165, 1.54) is 25.9 Å². The van der Waals surface area contributed by atoms with Crippen LogP contribution in [0.15, 0.2) is 45.6 Å². The molecule has 8 nitrogen and oxygen atoms in total. The monoisotopic (exact) mass is 372 g/mol. The Labute approximate surface area is 155 Å². The van der Waals surface area contributed by atoms with Gasteiger partial charge in [0.05, 0.1) is 26.8 Å². The molecule has 27 heavy (non-hydrogen) atoms. The summed E-state index contributed by atoms with van der Waals surface area (Å²) in [5.41, 5.74) is 1.73. The number of para-hydroxylation sites is 2. The van der Waals surface area contributed by atoms with Crippen molar-refractivity contribution in [2.24, 2.45) is 0 Å². The molecule has 0 saturated heterocycles. The van der Waals surface area contributed by atoms with E-state index in [0.717, 1.165) is 0 Å². The van der Waals surface area contributed by atoms with Crippen molar-refractivity contribution >= 4 is 17.0 Å². The van der Waals surface area contributed by atoms with E-state index >= 15 is 0 Å². The van der Waals surface area contributed by atoms with Gasteiger partial charge in [0, 0.05) is 18.2 Å². The van der Waals surface area contributed by atoms with Crippen molar-refractivity contribution in [1.29, 1.82) is 0 Å². The first-order chi connectivity index (χ1) is 13.1. The number of hydrogen-bond acceptors (Lipinski definition) is 6. The van der Waals surface area contributed by atoms with Crippen molar-refractivity contribution in [2.45, 2.75) is 13.1 Å². The maximum absolute atomic E-state index is 12.3. The number of benzene rings is 2. The number of hydrogen-bond donors (Lipinski definition) is 1. The Morgan fingerprint density at radius 3 is 2.41 bits per heavy atom. The van der Waals surface area contributed by atoms with Gasteiger partial charge in [-0.05, 0) is 18.2 Å². The molecule has 3 aromatic rings. The summed E-state index contributed by atoms with van der Waals surface area (Å²) < 4.78 is 22.3. The number of amides is 1. The van der Waals surface area contributed by atoms with Crippen LogP contribution >= 0.6 is 0 Å². The molecule has 0 aliphatic heterocycles. The molecule has 1 N–H and O–H groups in total. The highest BCUT2D eigenvalue weighted by Gasteiger charge is 2.15. The molecule has 3 rings (SSSR count). The second-order valence-corrected chi connectivity index (χ2v) is 5.72. The predicted octanol–water partition coefficient (Wildman–Crippen LogP) is 1.94. The van der Waals surface area contributed by atoms with Gasteiger partial charge in [-0.2, -0.15) is 0 Å². The Bertz CT molecular complexity index is 1020. The van der Waals surface area contributed by atoms with Crippen molar-refractivity contribution in [3.63, 3.8) is 0 Å². The summed E-state index contributed by atoms with van der Waals surface area (Å²) in [5, 5.41) is 2.78. The molecule has 0 atom stereocenters. The summed E-state index contributed by atoms with van der Waals surface area (Å²) >= 11 is 0. The molecule has 1 heterocycles. The predicted molar refractivity (Wildman–Crippen MR) is 98.4 cm³/mol. The molecule has 1 aromatic heterocycles. The highest BCUT2D eigenvalue weighted by molar-refractivity contribution is 5.79. The van der Waals surface area contributed by atoms with E-state index < -0.39 is 5.76 Å². The van der Waals surface area contributed by atoms with Crippen molar-refractivity contribution in [1.82, 2.24) is 9.88 Å². The lowest BCUT2D eigenvalue weighted by Crippen LogP contribution is -2.30. The van der Waals surface area contributed by atoms with Gasteiger partial charge in [0.15, 0.2) is 17.1 Å². The second kappa shape index (κ2) is 7.86. The Kier molecular flexibility index (Phi) is 5.35. The number of rotatable bonds is 7. The third-order valence-corrected chi connectivity index (χ3v) is 4.14. The number of nitrogens with zero attached hydrogens (tertiary/aromatic N) is 1. The first kappa shape index (κ1) is 18.4. The van der Waals surface area contributed by atoms with Gasteiger partial charge in [0.25, 0.3) is 0 Å². The van der Waals surface area contributed by atoms with Crippen LogP contribution in [0, 0.1) is 0 Å². The molecular formula is C19H20N2O6. The van der Waals surface area contributed by atoms with E-state index in [1.54, 1.807) is 36.4 Å². The normalized spacial score (nSPS) is 10.6. The molecule has 2 aromatic carbocycles. The molecule has 0 aliphatic carbocycles. The molecule has 0 fully saturated rings. The van der Waals surface area contributed by atoms with Gasteiger partial charge in [-0.1, -0.05) is 12.1 Å². The summed E-state index contributed by atoms with van der Waals surface area (Å²) in [6.45, 7) is 0.0539. The number of carbonyl (C=O) groups excluding carboxylic acids is 1. The maximum Gasteiger partial charge on any atom is 0.420 e. The van der Waals surface area contributed by atoms with E-state index in [2.05, 4.69) is 5.32 Å². The minimum atomic E-state index is -0.574. The molecule has 0 unspecified atom stereocenters. The summed E-state index contributed by atoms with van der Waals surface area (Å²) in [7, 11) is 4.60. The highest BCUT2D eigenvalue weighted by Crippen LogP contribution is 2.34. The molecule has 1 amide bonds. The number of oxazole rings is 1. The topological polar surface area (TPSA) is 91.9 Å². The van der Waals surface area contributed by atoms with Crippen LogP contribution in [0.4, 0.5) is 0 Å². The number of nitrogens with one attached hydrogen (secondary N) is 1. The molecule has 0 radical (unpaired) electrons. The summed E-state index contributed by atoms with van der Waals surface area (Å²) in [6.07, 6.45) is 0. The standard InChI is InChI=1S/C19H20N2O6/c1-24-15-9-17(26-3)16(25-2)8-12(15)10-20-18(22)11-21-13-6-4-5-7-14(13)27-19(21)23/h4-9H,10-11H2,1-3H3,(H,20,22). The van der Waals surface area contributed by atoms with E-state index in [9.17, 15) is 9.59 Å². The van der Waals surface area contributed by atoms with Crippen molar-refractivity contribution in [2.75, 3.05) is 21.3 Å². The van der Waals surface area contributed by atoms with E-state index in [4.69, 9.17) is 18.6 Å². The van der Waals surface area contributed by atoms with Crippen LogP contribution in [0.3, 0.4) is 0 Å². The second-order valence-electron chi connectivity index (χ2n) is 5.72. The Hall–Kier alpha value is -3.42. The zero-order valence-corrected chi connectivity index (χ0v) is 15.3. The lowest BCUT2D eigenvalue weighted by molar-refractivity contribution is -0.121. The SMILES string of the molecule is COc1cc(OC)c(OC)cc1CNC(=O)Cn1c(=O)oc2ccccc21. The fourth-order valence-corrected chi connectivity index (χ4v) is 2.79. The van der Waals surface area contributed by atoms with Crippen LogP contribution in [-0.2, 0) is 17.9 Å². The zero-order chi connectivity index (χ0) is 19.4. The molecule has 0 saturated carbocycles. The summed E-state index contributed by atoms with van der Waals surface area (Å²) in [4.78, 5) is 24.3. The van der Waals surface area contributed by atoms with Crippen molar-refractivity contribution < 1.29 is 23.4 Å². The minimum Gasteiger partial charge on any atom is -0.496 e. The first-order valence-electron chi connectivity index (χ1n) is 8.21. The molecule has 0 aliphatic rings. The van der Waals surface area contributed by atoms with Gasteiger partial charge in [0.1, 0.15) is 12.3 Å². The molecular weight excluding hydrogens is 352 g/mol. The Morgan fingerprint density at radius 1 is 1.04 bits per heavy atom. The summed E-state index contributed by atoms with van der Waals surface area (Å²) in [6, 6.07) is 10.4. The number of carbonyl (C=O) groups is 1. The lowest BCUT2D eigenvalue weighted by atomic mass is 10.1. The van der Waals surface area contributed by atoms with Gasteiger partial charge in [-0.25, -0.2) is 4.79 Å². The number of ether oxygens (including phenoxy) is 3. The summed E-state index contributed by atoms with van der Waals surface area (Å²) in [5.74, 6) is 0.704. The van der Waals surface area contributed by atoms with Crippen LogP contribution in [0.2, 0.25) is 0 Å². The smallest absolute Gasteiger partial charge is 0.420 e. The largest absolute Gasteiger partial charge is 0.496 e. The molecule has 8 heteroatoms. The van der Waals surface area contributed by atoms with Gasteiger partial charge >= 0.3 is 5.76 Å². The molecule has 142 valence electrons. The fourth-order valence-electron chi connectivity index (χ4n) is 2.79. The maximum atomic E-state index is 12.3. The average Bonchev–Trinajstić information content (AvgIpc) is 3.00. The van der Waals surface area contributed by atoms with E-state index in [1.807, 2.05) is 0 Å². The van der Waals surface area contributed by atoms with Crippen LogP contribution < -0.4 is 25.3 Å². The van der Waals surface area contributed by atoms with E-state index in [-0.39, 0.29) is 19.0 Å². The number of fused-ring (bicyclic) bond motifs is 1. The van der Waals surface area contributed by atoms with E-state index in [0.29, 0.717) is 33.9 Å².